The Labute approximate surface area is 114 Å². The van der Waals surface area contributed by atoms with Gasteiger partial charge in [0.15, 0.2) is 0 Å². The van der Waals surface area contributed by atoms with Gasteiger partial charge in [-0.05, 0) is 32.6 Å². The molecule has 0 aliphatic heterocycles. The highest BCUT2D eigenvalue weighted by Crippen LogP contribution is 2.10. The summed E-state index contributed by atoms with van der Waals surface area (Å²) in [5.74, 6) is -1.07. The first-order chi connectivity index (χ1) is 8.99. The quantitative estimate of drug-likeness (QED) is 0.620. The van der Waals surface area contributed by atoms with Gasteiger partial charge in [-0.2, -0.15) is 0 Å². The average Bonchev–Trinajstić information content (AvgIpc) is 2.81. The van der Waals surface area contributed by atoms with E-state index in [1.54, 1.807) is 6.92 Å². The van der Waals surface area contributed by atoms with Crippen molar-refractivity contribution < 1.29 is 14.7 Å². The van der Waals surface area contributed by atoms with Crippen LogP contribution in [0.3, 0.4) is 0 Å². The van der Waals surface area contributed by atoms with E-state index in [2.05, 4.69) is 22.8 Å². The van der Waals surface area contributed by atoms with Gasteiger partial charge < -0.3 is 15.7 Å². The van der Waals surface area contributed by atoms with Crippen molar-refractivity contribution in [2.24, 2.45) is 5.92 Å². The van der Waals surface area contributed by atoms with Crippen LogP contribution in [0.1, 0.15) is 46.0 Å². The molecule has 2 atom stereocenters. The molecule has 5 heteroatoms. The Balaban J connectivity index is 2.10. The van der Waals surface area contributed by atoms with Crippen LogP contribution in [0, 0.1) is 5.92 Å². The van der Waals surface area contributed by atoms with Gasteiger partial charge in [0.05, 0.1) is 5.92 Å². The molecule has 0 aromatic carbocycles. The summed E-state index contributed by atoms with van der Waals surface area (Å²) in [5, 5.41) is 14.6. The van der Waals surface area contributed by atoms with Crippen molar-refractivity contribution in [3.8, 4) is 0 Å². The zero-order chi connectivity index (χ0) is 14.3. The summed E-state index contributed by atoms with van der Waals surface area (Å²) in [5.41, 5.74) is 0. The van der Waals surface area contributed by atoms with Crippen molar-refractivity contribution in [2.45, 2.75) is 58.0 Å². The minimum absolute atomic E-state index is 0.0651. The predicted octanol–water partition coefficient (Wildman–Crippen LogP) is 2.28. The third-order valence-electron chi connectivity index (χ3n) is 3.42. The van der Waals surface area contributed by atoms with Crippen LogP contribution in [0.25, 0.3) is 0 Å². The smallest absolute Gasteiger partial charge is 0.315 e. The van der Waals surface area contributed by atoms with Crippen molar-refractivity contribution in [1.29, 1.82) is 0 Å². The monoisotopic (exact) mass is 268 g/mol. The lowest BCUT2D eigenvalue weighted by atomic mass is 10.0. The summed E-state index contributed by atoms with van der Waals surface area (Å²) in [6, 6.07) is 0.155. The third-order valence-corrected chi connectivity index (χ3v) is 3.42. The fourth-order valence-electron chi connectivity index (χ4n) is 2.11. The van der Waals surface area contributed by atoms with Crippen molar-refractivity contribution in [3.63, 3.8) is 0 Å². The Morgan fingerprint density at radius 2 is 1.89 bits per heavy atom. The number of hydrogen-bond acceptors (Lipinski definition) is 2. The molecule has 3 N–H and O–H groups in total. The second kappa shape index (κ2) is 7.81. The molecule has 0 saturated heterocycles. The number of urea groups is 1. The molecule has 1 aliphatic carbocycles. The Morgan fingerprint density at radius 3 is 2.47 bits per heavy atom. The highest BCUT2D eigenvalue weighted by Gasteiger charge is 2.15. The number of carboxylic acid groups (broad SMARTS) is 1. The minimum atomic E-state index is -0.757. The van der Waals surface area contributed by atoms with Crippen LogP contribution in [0.15, 0.2) is 12.2 Å². The van der Waals surface area contributed by atoms with Crippen molar-refractivity contribution >= 4 is 12.0 Å². The van der Waals surface area contributed by atoms with Gasteiger partial charge in [0.1, 0.15) is 0 Å². The highest BCUT2D eigenvalue weighted by molar-refractivity contribution is 5.74. The molecule has 0 radical (unpaired) electrons. The topological polar surface area (TPSA) is 78.4 Å². The molecule has 1 aliphatic rings. The van der Waals surface area contributed by atoms with Crippen LogP contribution in [0.2, 0.25) is 0 Å². The molecule has 0 aromatic rings. The fraction of sp³-hybridized carbons (Fsp3) is 0.714. The summed E-state index contributed by atoms with van der Waals surface area (Å²) < 4.78 is 0. The SMILES string of the molecule is CC(CCCC(C)C(=O)O)NC(=O)NC1CC=CC1. The number of carboxylic acids is 1. The van der Waals surface area contributed by atoms with E-state index in [4.69, 9.17) is 5.11 Å². The Hall–Kier alpha value is -1.52. The number of amides is 2. The fourth-order valence-corrected chi connectivity index (χ4v) is 2.11. The maximum Gasteiger partial charge on any atom is 0.315 e. The Bertz CT molecular complexity index is 334. The van der Waals surface area contributed by atoms with E-state index < -0.39 is 5.97 Å². The number of aliphatic carboxylic acids is 1. The number of rotatable bonds is 7. The molecule has 108 valence electrons. The largest absolute Gasteiger partial charge is 0.481 e. The van der Waals surface area contributed by atoms with Crippen molar-refractivity contribution in [1.82, 2.24) is 10.6 Å². The first-order valence-electron chi connectivity index (χ1n) is 6.94. The second-order valence-electron chi connectivity index (χ2n) is 5.33. The summed E-state index contributed by atoms with van der Waals surface area (Å²) in [7, 11) is 0. The summed E-state index contributed by atoms with van der Waals surface area (Å²) >= 11 is 0. The zero-order valence-corrected chi connectivity index (χ0v) is 11.7. The molecule has 0 aromatic heterocycles. The van der Waals surface area contributed by atoms with Crippen molar-refractivity contribution in [3.05, 3.63) is 12.2 Å². The summed E-state index contributed by atoms with van der Waals surface area (Å²) in [6.45, 7) is 3.65. The number of carbonyl (C=O) groups is 2. The van der Waals surface area contributed by atoms with Crippen LogP contribution in [-0.4, -0.2) is 29.2 Å². The lowest BCUT2D eigenvalue weighted by Crippen LogP contribution is -2.44. The molecule has 2 unspecified atom stereocenters. The van der Waals surface area contributed by atoms with Crippen LogP contribution < -0.4 is 10.6 Å². The second-order valence-corrected chi connectivity index (χ2v) is 5.33. The van der Waals surface area contributed by atoms with Gasteiger partial charge in [0, 0.05) is 12.1 Å². The van der Waals surface area contributed by atoms with Crippen LogP contribution in [0.4, 0.5) is 4.79 Å². The van der Waals surface area contributed by atoms with Gasteiger partial charge in [0.2, 0.25) is 0 Å². The Morgan fingerprint density at radius 1 is 1.26 bits per heavy atom. The van der Waals surface area contributed by atoms with Crippen molar-refractivity contribution in [2.75, 3.05) is 0 Å². The van der Waals surface area contributed by atoms with E-state index >= 15 is 0 Å². The first kappa shape index (κ1) is 15.5. The maximum absolute atomic E-state index is 11.7. The molecular formula is C14H24N2O3. The molecule has 19 heavy (non-hydrogen) atoms. The number of hydrogen-bond donors (Lipinski definition) is 3. The normalized spacial score (nSPS) is 18.0. The van der Waals surface area contributed by atoms with Gasteiger partial charge in [0.25, 0.3) is 0 Å². The van der Waals surface area contributed by atoms with Gasteiger partial charge in [-0.3, -0.25) is 4.79 Å². The highest BCUT2D eigenvalue weighted by atomic mass is 16.4. The van der Waals surface area contributed by atoms with E-state index in [-0.39, 0.29) is 24.0 Å². The molecule has 0 spiro atoms. The summed E-state index contributed by atoms with van der Waals surface area (Å²) in [6.07, 6.45) is 8.20. The van der Waals surface area contributed by atoms with Gasteiger partial charge in [-0.25, -0.2) is 4.79 Å². The van der Waals surface area contributed by atoms with E-state index in [0.717, 1.165) is 25.7 Å². The number of carbonyl (C=O) groups excluding carboxylic acids is 1. The lowest BCUT2D eigenvalue weighted by Gasteiger charge is -2.18. The minimum Gasteiger partial charge on any atom is -0.481 e. The van der Waals surface area contributed by atoms with E-state index in [1.165, 1.54) is 0 Å². The predicted molar refractivity (Wildman–Crippen MR) is 73.9 cm³/mol. The van der Waals surface area contributed by atoms with Crippen LogP contribution in [-0.2, 0) is 4.79 Å². The standard InChI is InChI=1S/C14H24N2O3/c1-10(13(17)18)6-5-7-11(2)15-14(19)16-12-8-3-4-9-12/h3-4,10-12H,5-9H2,1-2H3,(H,17,18)(H2,15,16,19). The maximum atomic E-state index is 11.7. The van der Waals surface area contributed by atoms with E-state index in [1.807, 2.05) is 6.92 Å². The van der Waals surface area contributed by atoms with Gasteiger partial charge in [-0.15, -0.1) is 0 Å². The third kappa shape index (κ3) is 6.27. The molecular weight excluding hydrogens is 244 g/mol. The average molecular weight is 268 g/mol. The molecule has 5 nitrogen and oxygen atoms in total. The molecule has 1 rings (SSSR count). The molecule has 0 saturated carbocycles. The van der Waals surface area contributed by atoms with E-state index in [9.17, 15) is 9.59 Å². The van der Waals surface area contributed by atoms with Crippen LogP contribution in [0.5, 0.6) is 0 Å². The lowest BCUT2D eigenvalue weighted by molar-refractivity contribution is -0.141. The molecule has 0 bridgehead atoms. The number of nitrogens with one attached hydrogen (secondary N) is 2. The Kier molecular flexibility index (Phi) is 6.39. The van der Waals surface area contributed by atoms with Gasteiger partial charge >= 0.3 is 12.0 Å². The first-order valence-corrected chi connectivity index (χ1v) is 6.94. The van der Waals surface area contributed by atoms with Gasteiger partial charge in [-0.1, -0.05) is 25.5 Å². The molecule has 0 heterocycles. The van der Waals surface area contributed by atoms with Crippen LogP contribution >= 0.6 is 0 Å². The molecule has 2 amide bonds. The zero-order valence-electron chi connectivity index (χ0n) is 11.7. The summed E-state index contributed by atoms with van der Waals surface area (Å²) in [4.78, 5) is 22.3. The van der Waals surface area contributed by atoms with E-state index in [0.29, 0.717) is 6.42 Å². The molecule has 0 fully saturated rings.